The Morgan fingerprint density at radius 3 is 2.78 bits per heavy atom. The molecule has 0 radical (unpaired) electrons. The van der Waals surface area contributed by atoms with Crippen LogP contribution >= 0.6 is 0 Å². The summed E-state index contributed by atoms with van der Waals surface area (Å²) in [5, 5.41) is 12.6. The molecule has 6 heteroatoms. The molecule has 0 bridgehead atoms. The Hall–Kier alpha value is -3.64. The molecule has 0 aliphatic carbocycles. The number of pyridine rings is 1. The zero-order valence-electron chi connectivity index (χ0n) is 18.4. The van der Waals surface area contributed by atoms with Gasteiger partial charge in [-0.2, -0.15) is 5.10 Å². The molecule has 0 fully saturated rings. The Morgan fingerprint density at radius 1 is 1.00 bits per heavy atom. The number of H-pyrrole nitrogens is 2. The van der Waals surface area contributed by atoms with E-state index < -0.39 is 0 Å². The molecule has 5 aromatic rings. The molecule has 3 heterocycles. The highest BCUT2D eigenvalue weighted by Crippen LogP contribution is 2.33. The fourth-order valence-corrected chi connectivity index (χ4v) is 4.11. The number of nitrogens with zero attached hydrogens (tertiary/aromatic N) is 2. The zero-order chi connectivity index (χ0) is 22.1. The predicted molar refractivity (Wildman–Crippen MR) is 132 cm³/mol. The highest BCUT2D eigenvalue weighted by atomic mass is 15.1. The molecule has 0 aliphatic heterocycles. The second-order valence-corrected chi connectivity index (χ2v) is 8.73. The third-order valence-corrected chi connectivity index (χ3v) is 5.90. The molecule has 3 aromatic heterocycles. The number of nitrogens with two attached hydrogens (primary N) is 1. The van der Waals surface area contributed by atoms with Gasteiger partial charge in [0.05, 0.1) is 5.52 Å². The smallest absolute Gasteiger partial charge is 0.153 e. The van der Waals surface area contributed by atoms with Crippen LogP contribution in [0.25, 0.3) is 44.3 Å². The molecule has 2 aromatic carbocycles. The summed E-state index contributed by atoms with van der Waals surface area (Å²) in [7, 11) is 0. The van der Waals surface area contributed by atoms with Gasteiger partial charge in [-0.05, 0) is 71.5 Å². The summed E-state index contributed by atoms with van der Waals surface area (Å²) in [4.78, 5) is 8.07. The fourth-order valence-electron chi connectivity index (χ4n) is 4.11. The van der Waals surface area contributed by atoms with Gasteiger partial charge in [0, 0.05) is 29.2 Å². The summed E-state index contributed by atoms with van der Waals surface area (Å²) in [6.45, 7) is 6.41. The van der Waals surface area contributed by atoms with E-state index in [1.165, 1.54) is 12.0 Å². The SMILES string of the molecule is CC(C)CCNCc1cccc(-c2cc3c(-c4ccc5[nH]nc(N)c5c4)ccnc3[nH]2)c1. The normalized spacial score (nSPS) is 11.7. The van der Waals surface area contributed by atoms with Crippen LogP contribution in [0.15, 0.2) is 60.8 Å². The minimum absolute atomic E-state index is 0.515. The van der Waals surface area contributed by atoms with E-state index in [0.29, 0.717) is 11.7 Å². The maximum absolute atomic E-state index is 6.02. The third kappa shape index (κ3) is 3.97. The Balaban J connectivity index is 1.46. The Bertz CT molecular complexity index is 1380. The quantitative estimate of drug-likeness (QED) is 0.260. The van der Waals surface area contributed by atoms with Gasteiger partial charge in [-0.3, -0.25) is 5.10 Å². The summed E-state index contributed by atoms with van der Waals surface area (Å²) in [5.74, 6) is 1.23. The largest absolute Gasteiger partial charge is 0.382 e. The van der Waals surface area contributed by atoms with Crippen molar-refractivity contribution in [2.75, 3.05) is 12.3 Å². The first-order valence-corrected chi connectivity index (χ1v) is 11.1. The van der Waals surface area contributed by atoms with Crippen LogP contribution in [0.5, 0.6) is 0 Å². The van der Waals surface area contributed by atoms with E-state index in [4.69, 9.17) is 5.73 Å². The van der Waals surface area contributed by atoms with Crippen molar-refractivity contribution in [1.29, 1.82) is 0 Å². The predicted octanol–water partition coefficient (Wildman–Crippen LogP) is 5.49. The van der Waals surface area contributed by atoms with Crippen LogP contribution in [0.3, 0.4) is 0 Å². The second-order valence-electron chi connectivity index (χ2n) is 8.73. The molecular formula is C26H28N6. The zero-order valence-corrected chi connectivity index (χ0v) is 18.4. The minimum atomic E-state index is 0.515. The second kappa shape index (κ2) is 8.48. The monoisotopic (exact) mass is 424 g/mol. The van der Waals surface area contributed by atoms with Crippen molar-refractivity contribution in [3.05, 3.63) is 66.4 Å². The topological polar surface area (TPSA) is 95.4 Å². The van der Waals surface area contributed by atoms with Gasteiger partial charge in [0.15, 0.2) is 5.82 Å². The molecule has 0 atom stereocenters. The van der Waals surface area contributed by atoms with Crippen LogP contribution in [0.1, 0.15) is 25.8 Å². The van der Waals surface area contributed by atoms with Crippen LogP contribution in [0.4, 0.5) is 5.82 Å². The van der Waals surface area contributed by atoms with Crippen molar-refractivity contribution in [3.63, 3.8) is 0 Å². The van der Waals surface area contributed by atoms with Crippen molar-refractivity contribution in [2.24, 2.45) is 5.92 Å². The first kappa shape index (κ1) is 20.3. The fraction of sp³-hybridized carbons (Fsp3) is 0.231. The van der Waals surface area contributed by atoms with E-state index in [-0.39, 0.29) is 0 Å². The lowest BCUT2D eigenvalue weighted by molar-refractivity contribution is 0.537. The number of aromatic nitrogens is 4. The standard InChI is InChI=1S/C26H28N6/c1-16(2)8-10-28-15-17-4-3-5-19(12-17)24-14-21-20(9-11-29-26(21)30-24)18-6-7-23-22(13-18)25(27)32-31-23/h3-7,9,11-14,16,28H,8,10,15H2,1-2H3,(H,29,30)(H3,27,31,32). The molecule has 0 saturated carbocycles. The molecule has 0 unspecified atom stereocenters. The molecule has 0 aliphatic rings. The number of anilines is 1. The van der Waals surface area contributed by atoms with Gasteiger partial charge in [0.2, 0.25) is 0 Å². The minimum Gasteiger partial charge on any atom is -0.382 e. The van der Waals surface area contributed by atoms with Crippen LogP contribution in [0.2, 0.25) is 0 Å². The maximum Gasteiger partial charge on any atom is 0.153 e. The van der Waals surface area contributed by atoms with Crippen molar-refractivity contribution < 1.29 is 0 Å². The number of hydrogen-bond donors (Lipinski definition) is 4. The van der Waals surface area contributed by atoms with Crippen LogP contribution < -0.4 is 11.1 Å². The summed E-state index contributed by atoms with van der Waals surface area (Å²) >= 11 is 0. The van der Waals surface area contributed by atoms with Gasteiger partial charge in [-0.15, -0.1) is 0 Å². The maximum atomic E-state index is 6.02. The van der Waals surface area contributed by atoms with Gasteiger partial charge >= 0.3 is 0 Å². The van der Waals surface area contributed by atoms with E-state index in [1.54, 1.807) is 0 Å². The van der Waals surface area contributed by atoms with Crippen molar-refractivity contribution in [1.82, 2.24) is 25.5 Å². The van der Waals surface area contributed by atoms with E-state index in [1.807, 2.05) is 18.3 Å². The molecule has 6 nitrogen and oxygen atoms in total. The molecule has 5 N–H and O–H groups in total. The summed E-state index contributed by atoms with van der Waals surface area (Å²) in [6.07, 6.45) is 3.03. The number of fused-ring (bicyclic) bond motifs is 2. The van der Waals surface area contributed by atoms with Crippen LogP contribution in [-0.2, 0) is 6.54 Å². The Kier molecular flexibility index (Phi) is 5.37. The van der Waals surface area contributed by atoms with Crippen LogP contribution in [0, 0.1) is 5.92 Å². The van der Waals surface area contributed by atoms with Crippen molar-refractivity contribution in [3.8, 4) is 22.4 Å². The lowest BCUT2D eigenvalue weighted by atomic mass is 10.0. The summed E-state index contributed by atoms with van der Waals surface area (Å²) in [6, 6.07) is 19.1. The lowest BCUT2D eigenvalue weighted by Crippen LogP contribution is -2.16. The first-order valence-electron chi connectivity index (χ1n) is 11.1. The molecule has 32 heavy (non-hydrogen) atoms. The number of nitrogens with one attached hydrogen (secondary N) is 3. The lowest BCUT2D eigenvalue weighted by Gasteiger charge is -2.08. The van der Waals surface area contributed by atoms with E-state index in [9.17, 15) is 0 Å². The van der Waals surface area contributed by atoms with E-state index in [2.05, 4.69) is 81.8 Å². The average Bonchev–Trinajstić information content (AvgIpc) is 3.40. The average molecular weight is 425 g/mol. The summed E-state index contributed by atoms with van der Waals surface area (Å²) < 4.78 is 0. The Labute approximate surface area is 187 Å². The van der Waals surface area contributed by atoms with E-state index >= 15 is 0 Å². The summed E-state index contributed by atoms with van der Waals surface area (Å²) in [5.41, 5.74) is 13.5. The van der Waals surface area contributed by atoms with Gasteiger partial charge < -0.3 is 16.0 Å². The van der Waals surface area contributed by atoms with Gasteiger partial charge in [-0.1, -0.05) is 38.1 Å². The number of hydrogen-bond acceptors (Lipinski definition) is 4. The molecular weight excluding hydrogens is 396 g/mol. The number of rotatable bonds is 7. The van der Waals surface area contributed by atoms with Gasteiger partial charge in [-0.25, -0.2) is 4.98 Å². The Morgan fingerprint density at radius 2 is 1.91 bits per heavy atom. The van der Waals surface area contributed by atoms with Gasteiger partial charge in [0.25, 0.3) is 0 Å². The number of nitrogen functional groups attached to an aromatic ring is 1. The highest BCUT2D eigenvalue weighted by molar-refractivity contribution is 5.99. The third-order valence-electron chi connectivity index (χ3n) is 5.90. The number of benzene rings is 2. The molecule has 0 spiro atoms. The molecule has 0 amide bonds. The first-order chi connectivity index (χ1) is 15.6. The van der Waals surface area contributed by atoms with Crippen LogP contribution in [-0.4, -0.2) is 26.7 Å². The van der Waals surface area contributed by atoms with Gasteiger partial charge in [0.1, 0.15) is 5.65 Å². The highest BCUT2D eigenvalue weighted by Gasteiger charge is 2.12. The van der Waals surface area contributed by atoms with Crippen molar-refractivity contribution >= 4 is 27.8 Å². The van der Waals surface area contributed by atoms with E-state index in [0.717, 1.165) is 57.4 Å². The molecule has 0 saturated heterocycles. The molecule has 5 rings (SSSR count). The van der Waals surface area contributed by atoms with Crippen molar-refractivity contribution in [2.45, 2.75) is 26.8 Å². The number of aromatic amines is 2. The molecule has 162 valence electrons.